The van der Waals surface area contributed by atoms with Crippen LogP contribution in [0.2, 0.25) is 5.02 Å². The summed E-state index contributed by atoms with van der Waals surface area (Å²) in [5, 5.41) is 10.5. The fourth-order valence-electron chi connectivity index (χ4n) is 3.78. The minimum absolute atomic E-state index is 0.256. The number of aromatic nitrogens is 2. The quantitative estimate of drug-likeness (QED) is 0.652. The number of ether oxygens (including phenoxy) is 2. The van der Waals surface area contributed by atoms with Crippen molar-refractivity contribution in [3.05, 3.63) is 59.2 Å². The van der Waals surface area contributed by atoms with Gasteiger partial charge in [0.25, 0.3) is 11.7 Å². The highest BCUT2D eigenvalue weighted by atomic mass is 35.5. The maximum Gasteiger partial charge on any atom is 0.259 e. The van der Waals surface area contributed by atoms with Crippen molar-refractivity contribution >= 4 is 23.2 Å². The van der Waals surface area contributed by atoms with Gasteiger partial charge in [-0.2, -0.15) is 5.10 Å². The number of nitrogens with one attached hydrogen (secondary N) is 2. The van der Waals surface area contributed by atoms with Gasteiger partial charge in [0.15, 0.2) is 11.5 Å². The van der Waals surface area contributed by atoms with Crippen LogP contribution in [0.3, 0.4) is 0 Å². The lowest BCUT2D eigenvalue weighted by Gasteiger charge is -2.21. The van der Waals surface area contributed by atoms with E-state index in [-0.39, 0.29) is 5.91 Å². The number of hydrogen-bond donors (Lipinski definition) is 2. The highest BCUT2D eigenvalue weighted by molar-refractivity contribution is 6.30. The third kappa shape index (κ3) is 2.99. The van der Waals surface area contributed by atoms with Crippen LogP contribution in [0, 0.1) is 0 Å². The number of amides is 1. The zero-order valence-electron chi connectivity index (χ0n) is 15.0. The van der Waals surface area contributed by atoms with Gasteiger partial charge in [0.2, 0.25) is 0 Å². The first-order chi connectivity index (χ1) is 13.6. The van der Waals surface area contributed by atoms with Gasteiger partial charge in [-0.15, -0.1) is 0 Å². The van der Waals surface area contributed by atoms with E-state index in [0.717, 1.165) is 37.0 Å². The molecule has 2 aliphatic rings. The van der Waals surface area contributed by atoms with Crippen LogP contribution in [0.4, 0.5) is 5.69 Å². The maximum atomic E-state index is 12.8. The SMILES string of the molecule is O=C(Nc1ccc2c(c1)OC1(CCCC1)O2)c1cn[nH]c1-c1ccc(Cl)cc1. The molecule has 6 nitrogen and oxygen atoms in total. The Hall–Kier alpha value is -2.99. The van der Waals surface area contributed by atoms with Crippen molar-refractivity contribution in [2.24, 2.45) is 0 Å². The molecule has 142 valence electrons. The number of rotatable bonds is 3. The van der Waals surface area contributed by atoms with Gasteiger partial charge in [0.1, 0.15) is 0 Å². The molecule has 1 aromatic heterocycles. The van der Waals surface area contributed by atoms with Crippen molar-refractivity contribution in [2.45, 2.75) is 31.5 Å². The molecule has 1 saturated carbocycles. The fraction of sp³-hybridized carbons (Fsp3) is 0.238. The fourth-order valence-corrected chi connectivity index (χ4v) is 3.91. The number of carbonyl (C=O) groups excluding carboxylic acids is 1. The highest BCUT2D eigenvalue weighted by Gasteiger charge is 2.44. The Morgan fingerprint density at radius 1 is 1.07 bits per heavy atom. The van der Waals surface area contributed by atoms with Gasteiger partial charge in [-0.25, -0.2) is 0 Å². The smallest absolute Gasteiger partial charge is 0.259 e. The summed E-state index contributed by atoms with van der Waals surface area (Å²) in [6.45, 7) is 0. The van der Waals surface area contributed by atoms with Gasteiger partial charge in [-0.3, -0.25) is 9.89 Å². The molecule has 1 amide bonds. The number of fused-ring (bicyclic) bond motifs is 1. The molecule has 2 aromatic carbocycles. The van der Waals surface area contributed by atoms with Crippen molar-refractivity contribution < 1.29 is 14.3 Å². The third-order valence-corrected chi connectivity index (χ3v) is 5.43. The number of benzene rings is 2. The summed E-state index contributed by atoms with van der Waals surface area (Å²) in [4.78, 5) is 12.8. The van der Waals surface area contributed by atoms with E-state index in [0.29, 0.717) is 27.7 Å². The van der Waals surface area contributed by atoms with Crippen molar-refractivity contribution in [2.75, 3.05) is 5.32 Å². The number of anilines is 1. The molecule has 0 saturated heterocycles. The van der Waals surface area contributed by atoms with Gasteiger partial charge < -0.3 is 14.8 Å². The van der Waals surface area contributed by atoms with Crippen LogP contribution in [-0.4, -0.2) is 21.9 Å². The molecule has 1 fully saturated rings. The number of hydrogen-bond acceptors (Lipinski definition) is 4. The largest absolute Gasteiger partial charge is 0.448 e. The van der Waals surface area contributed by atoms with Gasteiger partial charge >= 0.3 is 0 Å². The zero-order valence-corrected chi connectivity index (χ0v) is 15.8. The zero-order chi connectivity index (χ0) is 19.1. The van der Waals surface area contributed by atoms with Crippen LogP contribution in [0.25, 0.3) is 11.3 Å². The van der Waals surface area contributed by atoms with E-state index < -0.39 is 5.79 Å². The normalized spacial score (nSPS) is 16.5. The van der Waals surface area contributed by atoms with Crippen LogP contribution in [0.15, 0.2) is 48.7 Å². The molecule has 1 spiro atoms. The van der Waals surface area contributed by atoms with Crippen LogP contribution >= 0.6 is 11.6 Å². The molecule has 5 rings (SSSR count). The number of H-pyrrole nitrogens is 1. The summed E-state index contributed by atoms with van der Waals surface area (Å²) < 4.78 is 12.1. The lowest BCUT2D eigenvalue weighted by atomic mass is 10.1. The molecule has 3 aromatic rings. The second-order valence-corrected chi connectivity index (χ2v) is 7.54. The van der Waals surface area contributed by atoms with E-state index in [2.05, 4.69) is 15.5 Å². The van der Waals surface area contributed by atoms with Crippen molar-refractivity contribution in [3.63, 3.8) is 0 Å². The third-order valence-electron chi connectivity index (χ3n) is 5.18. The van der Waals surface area contributed by atoms with Crippen molar-refractivity contribution in [3.8, 4) is 22.8 Å². The average Bonchev–Trinajstić information content (AvgIpc) is 3.42. The van der Waals surface area contributed by atoms with Gasteiger partial charge in [-0.05, 0) is 37.1 Å². The minimum Gasteiger partial charge on any atom is -0.448 e. The Kier molecular flexibility index (Phi) is 4.02. The lowest BCUT2D eigenvalue weighted by Crippen LogP contribution is -2.34. The Bertz CT molecular complexity index is 1040. The molecular formula is C21H18ClN3O3. The summed E-state index contributed by atoms with van der Waals surface area (Å²) >= 11 is 5.95. The second kappa shape index (κ2) is 6.56. The first-order valence-electron chi connectivity index (χ1n) is 9.25. The van der Waals surface area contributed by atoms with E-state index >= 15 is 0 Å². The summed E-state index contributed by atoms with van der Waals surface area (Å²) in [5.74, 6) is 0.625. The highest BCUT2D eigenvalue weighted by Crippen LogP contribution is 2.47. The monoisotopic (exact) mass is 395 g/mol. The first-order valence-corrected chi connectivity index (χ1v) is 9.62. The predicted molar refractivity (Wildman–Crippen MR) is 106 cm³/mol. The lowest BCUT2D eigenvalue weighted by molar-refractivity contribution is -0.0716. The Labute approximate surface area is 166 Å². The minimum atomic E-state index is -0.517. The van der Waals surface area contributed by atoms with Gasteiger partial charge in [0, 0.05) is 35.2 Å². The molecule has 2 N–H and O–H groups in total. The number of nitrogens with zero attached hydrogens (tertiary/aromatic N) is 1. The number of aromatic amines is 1. The summed E-state index contributed by atoms with van der Waals surface area (Å²) in [5.41, 5.74) is 2.57. The second-order valence-electron chi connectivity index (χ2n) is 7.10. The number of carbonyl (C=O) groups is 1. The Morgan fingerprint density at radius 2 is 1.82 bits per heavy atom. The summed E-state index contributed by atoms with van der Waals surface area (Å²) in [6.07, 6.45) is 5.50. The molecule has 1 aliphatic heterocycles. The maximum absolute atomic E-state index is 12.8. The van der Waals surface area contributed by atoms with Crippen molar-refractivity contribution in [1.82, 2.24) is 10.2 Å². The first kappa shape index (κ1) is 17.1. The molecular weight excluding hydrogens is 378 g/mol. The average molecular weight is 396 g/mol. The standard InChI is InChI=1S/C21H18ClN3O3/c22-14-5-3-13(4-6-14)19-16(12-23-25-19)20(26)24-15-7-8-17-18(11-15)28-21(27-17)9-1-2-10-21/h3-8,11-12H,1-2,9-10H2,(H,23,25)(H,24,26). The van der Waals surface area contributed by atoms with Crippen LogP contribution in [-0.2, 0) is 0 Å². The summed E-state index contributed by atoms with van der Waals surface area (Å²) in [7, 11) is 0. The van der Waals surface area contributed by atoms with E-state index in [1.165, 1.54) is 6.20 Å². The molecule has 0 unspecified atom stereocenters. The van der Waals surface area contributed by atoms with Crippen LogP contribution in [0.1, 0.15) is 36.0 Å². The van der Waals surface area contributed by atoms with Gasteiger partial charge in [-0.1, -0.05) is 23.7 Å². The molecule has 7 heteroatoms. The molecule has 28 heavy (non-hydrogen) atoms. The van der Waals surface area contributed by atoms with Crippen LogP contribution in [0.5, 0.6) is 11.5 Å². The van der Waals surface area contributed by atoms with E-state index in [4.69, 9.17) is 21.1 Å². The van der Waals surface area contributed by atoms with Crippen LogP contribution < -0.4 is 14.8 Å². The molecule has 0 bridgehead atoms. The number of halogens is 1. The van der Waals surface area contributed by atoms with E-state index in [1.54, 1.807) is 12.1 Å². The Morgan fingerprint density at radius 3 is 2.61 bits per heavy atom. The van der Waals surface area contributed by atoms with E-state index in [9.17, 15) is 4.79 Å². The van der Waals surface area contributed by atoms with Gasteiger partial charge in [0.05, 0.1) is 17.5 Å². The van der Waals surface area contributed by atoms with Crippen molar-refractivity contribution in [1.29, 1.82) is 0 Å². The topological polar surface area (TPSA) is 76.2 Å². The molecule has 0 atom stereocenters. The van der Waals surface area contributed by atoms with E-state index in [1.807, 2.05) is 30.3 Å². The molecule has 1 aliphatic carbocycles. The Balaban J connectivity index is 1.36. The molecule has 2 heterocycles. The predicted octanol–water partition coefficient (Wildman–Crippen LogP) is 5.02. The molecule has 0 radical (unpaired) electrons. The summed E-state index contributed by atoms with van der Waals surface area (Å²) in [6, 6.07) is 12.7.